The van der Waals surface area contributed by atoms with Crippen LogP contribution >= 0.6 is 0 Å². The van der Waals surface area contributed by atoms with Crippen LogP contribution < -0.4 is 5.73 Å². The fraction of sp³-hybridized carbons (Fsp3) is 1.00. The molecule has 0 aliphatic carbocycles. The van der Waals surface area contributed by atoms with Crippen molar-refractivity contribution < 1.29 is 4.74 Å². The Labute approximate surface area is 112 Å². The van der Waals surface area contributed by atoms with Crippen LogP contribution in [0.25, 0.3) is 0 Å². The average Bonchev–Trinajstić information content (AvgIpc) is 2.59. The first-order valence-corrected chi connectivity index (χ1v) is 7.85. The fourth-order valence-electron chi connectivity index (χ4n) is 3.44. The first kappa shape index (κ1) is 14.3. The van der Waals surface area contributed by atoms with Gasteiger partial charge >= 0.3 is 0 Å². The molecule has 3 heteroatoms. The summed E-state index contributed by atoms with van der Waals surface area (Å²) in [6.07, 6.45) is 7.98. The Kier molecular flexibility index (Phi) is 5.93. The van der Waals surface area contributed by atoms with E-state index in [0.717, 1.165) is 32.1 Å². The van der Waals surface area contributed by atoms with Gasteiger partial charge in [0.1, 0.15) is 0 Å². The van der Waals surface area contributed by atoms with Crippen molar-refractivity contribution in [1.82, 2.24) is 4.90 Å². The monoisotopic (exact) mass is 254 g/mol. The Hall–Kier alpha value is -0.120. The molecule has 3 atom stereocenters. The number of likely N-dealkylation sites (tertiary alicyclic amines) is 1. The van der Waals surface area contributed by atoms with Gasteiger partial charge in [0, 0.05) is 25.1 Å². The van der Waals surface area contributed by atoms with Crippen molar-refractivity contribution in [3.63, 3.8) is 0 Å². The van der Waals surface area contributed by atoms with Gasteiger partial charge in [-0.2, -0.15) is 0 Å². The molecule has 0 radical (unpaired) electrons. The van der Waals surface area contributed by atoms with Gasteiger partial charge in [0.15, 0.2) is 0 Å². The van der Waals surface area contributed by atoms with E-state index in [-0.39, 0.29) is 0 Å². The van der Waals surface area contributed by atoms with Crippen LogP contribution in [-0.2, 0) is 4.74 Å². The second-order valence-electron chi connectivity index (χ2n) is 6.17. The predicted octanol–water partition coefficient (Wildman–Crippen LogP) is 2.25. The van der Waals surface area contributed by atoms with Crippen molar-refractivity contribution in [1.29, 1.82) is 0 Å². The predicted molar refractivity (Wildman–Crippen MR) is 75.6 cm³/mol. The maximum atomic E-state index is 6.20. The zero-order chi connectivity index (χ0) is 12.8. The van der Waals surface area contributed by atoms with Gasteiger partial charge in [-0.3, -0.25) is 0 Å². The largest absolute Gasteiger partial charge is 0.381 e. The minimum atomic E-state index is 0.355. The van der Waals surface area contributed by atoms with E-state index >= 15 is 0 Å². The molecule has 0 saturated carbocycles. The van der Waals surface area contributed by atoms with Gasteiger partial charge in [-0.1, -0.05) is 19.8 Å². The first-order valence-electron chi connectivity index (χ1n) is 7.85. The number of rotatable bonds is 4. The molecule has 0 amide bonds. The highest BCUT2D eigenvalue weighted by Gasteiger charge is 2.25. The highest BCUT2D eigenvalue weighted by atomic mass is 16.5. The lowest BCUT2D eigenvalue weighted by Gasteiger charge is -2.33. The third kappa shape index (κ3) is 4.22. The van der Waals surface area contributed by atoms with Gasteiger partial charge in [-0.05, 0) is 44.7 Å². The van der Waals surface area contributed by atoms with E-state index in [1.54, 1.807) is 0 Å². The van der Waals surface area contributed by atoms with Crippen LogP contribution in [0.15, 0.2) is 0 Å². The maximum absolute atomic E-state index is 6.20. The molecule has 0 bridgehead atoms. The SMILES string of the molecule is CCCC1CCCN(CC2COCCC2N)CC1. The van der Waals surface area contributed by atoms with E-state index in [2.05, 4.69) is 11.8 Å². The van der Waals surface area contributed by atoms with Crippen LogP contribution in [-0.4, -0.2) is 43.8 Å². The summed E-state index contributed by atoms with van der Waals surface area (Å²) >= 11 is 0. The topological polar surface area (TPSA) is 38.5 Å². The van der Waals surface area contributed by atoms with E-state index < -0.39 is 0 Å². The highest BCUT2D eigenvalue weighted by molar-refractivity contribution is 4.80. The summed E-state index contributed by atoms with van der Waals surface area (Å²) in [4.78, 5) is 2.63. The van der Waals surface area contributed by atoms with E-state index in [4.69, 9.17) is 10.5 Å². The van der Waals surface area contributed by atoms with E-state index in [9.17, 15) is 0 Å². The summed E-state index contributed by atoms with van der Waals surface area (Å²) in [5.74, 6) is 1.53. The molecule has 0 aromatic heterocycles. The summed E-state index contributed by atoms with van der Waals surface area (Å²) in [6.45, 7) is 7.73. The average molecular weight is 254 g/mol. The molecule has 2 aliphatic rings. The summed E-state index contributed by atoms with van der Waals surface area (Å²) in [7, 11) is 0. The molecule has 106 valence electrons. The second kappa shape index (κ2) is 7.46. The Balaban J connectivity index is 1.75. The molecular formula is C15H30N2O. The molecule has 2 N–H and O–H groups in total. The van der Waals surface area contributed by atoms with E-state index in [1.807, 2.05) is 0 Å². The van der Waals surface area contributed by atoms with Crippen molar-refractivity contribution in [3.8, 4) is 0 Å². The van der Waals surface area contributed by atoms with E-state index in [1.165, 1.54) is 45.2 Å². The molecule has 0 spiro atoms. The molecule has 3 unspecified atom stereocenters. The highest BCUT2D eigenvalue weighted by Crippen LogP contribution is 2.23. The van der Waals surface area contributed by atoms with Gasteiger partial charge in [0.05, 0.1) is 6.61 Å². The van der Waals surface area contributed by atoms with Crippen LogP contribution in [0.2, 0.25) is 0 Å². The van der Waals surface area contributed by atoms with Crippen molar-refractivity contribution in [2.75, 3.05) is 32.8 Å². The third-order valence-corrected chi connectivity index (χ3v) is 4.66. The first-order chi connectivity index (χ1) is 8.79. The fourth-order valence-corrected chi connectivity index (χ4v) is 3.44. The number of nitrogens with two attached hydrogens (primary N) is 1. The lowest BCUT2D eigenvalue weighted by atomic mass is 9.95. The maximum Gasteiger partial charge on any atom is 0.0521 e. The summed E-state index contributed by atoms with van der Waals surface area (Å²) < 4.78 is 5.58. The van der Waals surface area contributed by atoms with Crippen LogP contribution in [0, 0.1) is 11.8 Å². The number of ether oxygens (including phenoxy) is 1. The minimum absolute atomic E-state index is 0.355. The smallest absolute Gasteiger partial charge is 0.0521 e. The molecule has 0 aromatic rings. The van der Waals surface area contributed by atoms with Crippen molar-refractivity contribution in [2.24, 2.45) is 17.6 Å². The van der Waals surface area contributed by atoms with Gasteiger partial charge in [0.25, 0.3) is 0 Å². The van der Waals surface area contributed by atoms with Crippen LogP contribution in [0.5, 0.6) is 0 Å². The lowest BCUT2D eigenvalue weighted by Crippen LogP contribution is -2.45. The molecule has 2 aliphatic heterocycles. The van der Waals surface area contributed by atoms with Crippen molar-refractivity contribution in [2.45, 2.75) is 51.5 Å². The molecular weight excluding hydrogens is 224 g/mol. The summed E-state index contributed by atoms with van der Waals surface area (Å²) in [5.41, 5.74) is 6.20. The standard InChI is InChI=1S/C15H30N2O/c1-2-4-13-5-3-8-17(9-6-13)11-14-12-18-10-7-15(14)16/h13-15H,2-12,16H2,1H3. The number of nitrogens with zero attached hydrogens (tertiary/aromatic N) is 1. The van der Waals surface area contributed by atoms with Gasteiger partial charge in [-0.25, -0.2) is 0 Å². The zero-order valence-corrected chi connectivity index (χ0v) is 11.9. The van der Waals surface area contributed by atoms with Crippen LogP contribution in [0.1, 0.15) is 45.4 Å². The summed E-state index contributed by atoms with van der Waals surface area (Å²) in [5, 5.41) is 0. The molecule has 2 heterocycles. The number of hydrogen-bond acceptors (Lipinski definition) is 3. The summed E-state index contributed by atoms with van der Waals surface area (Å²) in [6, 6.07) is 0.355. The molecule has 3 nitrogen and oxygen atoms in total. The second-order valence-corrected chi connectivity index (χ2v) is 6.17. The molecule has 2 rings (SSSR count). The van der Waals surface area contributed by atoms with E-state index in [0.29, 0.717) is 12.0 Å². The third-order valence-electron chi connectivity index (χ3n) is 4.66. The Morgan fingerprint density at radius 1 is 1.22 bits per heavy atom. The van der Waals surface area contributed by atoms with Gasteiger partial charge in [0.2, 0.25) is 0 Å². The Morgan fingerprint density at radius 3 is 2.89 bits per heavy atom. The Bertz CT molecular complexity index is 235. The Morgan fingerprint density at radius 2 is 2.11 bits per heavy atom. The number of hydrogen-bond donors (Lipinski definition) is 1. The molecule has 2 fully saturated rings. The zero-order valence-electron chi connectivity index (χ0n) is 11.9. The van der Waals surface area contributed by atoms with Crippen molar-refractivity contribution >= 4 is 0 Å². The van der Waals surface area contributed by atoms with Gasteiger partial charge in [-0.15, -0.1) is 0 Å². The van der Waals surface area contributed by atoms with Crippen LogP contribution in [0.3, 0.4) is 0 Å². The van der Waals surface area contributed by atoms with Gasteiger partial charge < -0.3 is 15.4 Å². The van der Waals surface area contributed by atoms with Crippen molar-refractivity contribution in [3.05, 3.63) is 0 Å². The minimum Gasteiger partial charge on any atom is -0.381 e. The quantitative estimate of drug-likeness (QED) is 0.836. The normalized spacial score (nSPS) is 35.3. The lowest BCUT2D eigenvalue weighted by molar-refractivity contribution is 0.0264. The molecule has 0 aromatic carbocycles. The molecule has 2 saturated heterocycles. The molecule has 18 heavy (non-hydrogen) atoms. The van der Waals surface area contributed by atoms with Crippen LogP contribution in [0.4, 0.5) is 0 Å².